The first-order valence-corrected chi connectivity index (χ1v) is 11.3. The fraction of sp³-hybridized carbons (Fsp3) is 0.240. The molecular formula is C25H26N4O9. The lowest BCUT2D eigenvalue weighted by molar-refractivity contribution is -0.256. The fourth-order valence-corrected chi connectivity index (χ4v) is 3.14. The summed E-state index contributed by atoms with van der Waals surface area (Å²) in [7, 11) is 0. The Balaban J connectivity index is 1.42. The highest BCUT2D eigenvalue weighted by atomic mass is 16.7. The number of esters is 2. The van der Waals surface area contributed by atoms with Crippen LogP contribution in [0.1, 0.15) is 35.9 Å². The average Bonchev–Trinajstić information content (AvgIpc) is 2.88. The molecule has 3 aromatic rings. The molecular weight excluding hydrogens is 500 g/mol. The maximum absolute atomic E-state index is 12.1. The van der Waals surface area contributed by atoms with Crippen LogP contribution in [-0.2, 0) is 19.1 Å². The van der Waals surface area contributed by atoms with Crippen molar-refractivity contribution in [2.75, 3.05) is 12.3 Å². The summed E-state index contributed by atoms with van der Waals surface area (Å²) < 4.78 is 15.4. The molecule has 2 unspecified atom stereocenters. The first-order chi connectivity index (χ1) is 18.2. The van der Waals surface area contributed by atoms with Crippen LogP contribution < -0.4 is 16.2 Å². The zero-order valence-electron chi connectivity index (χ0n) is 20.3. The quantitative estimate of drug-likeness (QED) is 0.0696. The molecule has 200 valence electrons. The molecule has 0 aliphatic heterocycles. The van der Waals surface area contributed by atoms with E-state index in [-0.39, 0.29) is 24.4 Å². The van der Waals surface area contributed by atoms with E-state index in [1.54, 1.807) is 12.1 Å². The summed E-state index contributed by atoms with van der Waals surface area (Å²) in [5.74, 6) is -1.38. The molecule has 0 saturated carbocycles. The summed E-state index contributed by atoms with van der Waals surface area (Å²) in [4.78, 5) is 39.0. The average molecular weight is 527 g/mol. The number of anilines is 1. The molecule has 13 nitrogen and oxygen atoms in total. The predicted molar refractivity (Wildman–Crippen MR) is 132 cm³/mol. The van der Waals surface area contributed by atoms with Gasteiger partial charge < -0.3 is 35.4 Å². The monoisotopic (exact) mass is 526 g/mol. The smallest absolute Gasteiger partial charge is 0.353 e. The number of aliphatic hydroxyl groups excluding tert-OH is 2. The summed E-state index contributed by atoms with van der Waals surface area (Å²) in [5, 5.41) is 32.4. The number of nitrogens with two attached hydrogens (primary N) is 1. The second kappa shape index (κ2) is 13.1. The predicted octanol–water partition coefficient (Wildman–Crippen LogP) is 1.07. The maximum atomic E-state index is 12.1. The third-order valence-corrected chi connectivity index (χ3v) is 5.07. The van der Waals surface area contributed by atoms with Crippen LogP contribution in [0.2, 0.25) is 0 Å². The van der Waals surface area contributed by atoms with Crippen LogP contribution >= 0.6 is 0 Å². The second-order valence-electron chi connectivity index (χ2n) is 7.96. The van der Waals surface area contributed by atoms with E-state index in [1.807, 2.05) is 31.2 Å². The Labute approximate surface area is 216 Å². The van der Waals surface area contributed by atoms with Gasteiger partial charge in [0.1, 0.15) is 23.9 Å². The highest BCUT2D eigenvalue weighted by molar-refractivity contribution is 6.12. The minimum atomic E-state index is -1.90. The lowest BCUT2D eigenvalue weighted by Gasteiger charge is -2.18. The van der Waals surface area contributed by atoms with E-state index in [2.05, 4.69) is 10.1 Å². The minimum Gasteiger partial charge on any atom is -0.460 e. The van der Waals surface area contributed by atoms with E-state index in [0.29, 0.717) is 21.4 Å². The second-order valence-corrected chi connectivity index (χ2v) is 7.96. The van der Waals surface area contributed by atoms with Gasteiger partial charge in [-0.15, -0.1) is 0 Å². The van der Waals surface area contributed by atoms with Gasteiger partial charge in [-0.1, -0.05) is 35.0 Å². The zero-order valence-corrected chi connectivity index (χ0v) is 20.3. The summed E-state index contributed by atoms with van der Waals surface area (Å²) >= 11 is 0. The van der Waals surface area contributed by atoms with Crippen LogP contribution in [0, 0.1) is 6.92 Å². The van der Waals surface area contributed by atoms with Gasteiger partial charge in [-0.3, -0.25) is 9.59 Å². The Kier molecular flexibility index (Phi) is 9.65. The molecule has 0 saturated heterocycles. The lowest BCUT2D eigenvalue weighted by Crippen LogP contribution is -2.32. The molecule has 0 aliphatic carbocycles. The zero-order chi connectivity index (χ0) is 27.7. The third kappa shape index (κ3) is 7.96. The van der Waals surface area contributed by atoms with Crippen molar-refractivity contribution in [1.82, 2.24) is 9.55 Å². The van der Waals surface area contributed by atoms with Gasteiger partial charge in [-0.05, 0) is 37.3 Å². The van der Waals surface area contributed by atoms with E-state index in [1.165, 1.54) is 18.2 Å². The number of carbonyl (C=O) groups excluding carboxylic acids is 2. The number of aliphatic hydroxyl groups is 2. The number of nitrogen functional groups attached to an aromatic ring is 1. The largest absolute Gasteiger partial charge is 0.460 e. The van der Waals surface area contributed by atoms with Crippen LogP contribution in [0.5, 0.6) is 5.75 Å². The summed E-state index contributed by atoms with van der Waals surface area (Å²) in [6.45, 7) is 1.28. The molecule has 5 N–H and O–H groups in total. The van der Waals surface area contributed by atoms with Crippen LogP contribution in [0.3, 0.4) is 0 Å². The molecule has 3 rings (SSSR count). The molecule has 0 aliphatic rings. The van der Waals surface area contributed by atoms with E-state index >= 15 is 0 Å². The van der Waals surface area contributed by atoms with Gasteiger partial charge in [0.15, 0.2) is 6.29 Å². The number of hydrogen-bond acceptors (Lipinski definition) is 12. The molecule has 0 spiro atoms. The van der Waals surface area contributed by atoms with Crippen molar-refractivity contribution in [2.45, 2.75) is 32.5 Å². The van der Waals surface area contributed by atoms with Crippen molar-refractivity contribution < 1.29 is 39.2 Å². The molecule has 38 heavy (non-hydrogen) atoms. The molecule has 0 radical (unpaired) electrons. The summed E-state index contributed by atoms with van der Waals surface area (Å²) in [6, 6.07) is 14.9. The van der Waals surface area contributed by atoms with Crippen molar-refractivity contribution in [3.63, 3.8) is 0 Å². The van der Waals surface area contributed by atoms with E-state index in [0.717, 1.165) is 11.8 Å². The van der Waals surface area contributed by atoms with Crippen LogP contribution in [-0.4, -0.2) is 55.5 Å². The van der Waals surface area contributed by atoms with Gasteiger partial charge >= 0.3 is 17.6 Å². The molecule has 0 amide bonds. The first kappa shape index (κ1) is 28.0. The van der Waals surface area contributed by atoms with Crippen molar-refractivity contribution in [3.8, 4) is 5.75 Å². The number of nitrogens with zero attached hydrogens (tertiary/aromatic N) is 3. The number of oxime groups is 1. The van der Waals surface area contributed by atoms with E-state index < -0.39 is 36.9 Å². The highest BCUT2D eigenvalue weighted by Crippen LogP contribution is 2.17. The first-order valence-electron chi connectivity index (χ1n) is 11.3. The highest BCUT2D eigenvalue weighted by Gasteiger charge is 2.18. The van der Waals surface area contributed by atoms with Crippen LogP contribution in [0.4, 0.5) is 5.82 Å². The maximum Gasteiger partial charge on any atom is 0.353 e. The molecule has 13 heteroatoms. The van der Waals surface area contributed by atoms with Gasteiger partial charge in [0.25, 0.3) is 0 Å². The van der Waals surface area contributed by atoms with Gasteiger partial charge in [0.2, 0.25) is 6.41 Å². The number of rotatable bonds is 11. The number of benzene rings is 2. The van der Waals surface area contributed by atoms with Crippen molar-refractivity contribution >= 4 is 23.5 Å². The van der Waals surface area contributed by atoms with Crippen molar-refractivity contribution in [3.05, 3.63) is 88.0 Å². The number of aryl methyl sites for hydroxylation is 1. The number of hydrogen-bond donors (Lipinski definition) is 4. The Morgan fingerprint density at radius 3 is 2.21 bits per heavy atom. The Bertz CT molecular complexity index is 1340. The normalized spacial score (nSPS) is 13.0. The van der Waals surface area contributed by atoms with Crippen molar-refractivity contribution in [1.29, 1.82) is 0 Å². The van der Waals surface area contributed by atoms with Crippen LogP contribution in [0.15, 0.2) is 70.7 Å². The molecule has 0 fully saturated rings. The standard InChI is InChI=1S/C25H26N4O9/c1-15-2-4-16(5-3-15)23(28-35)17-6-8-18(9-7-17)37-21(31)11-10-20(30)36-14-22(32)38-25(34)29-13-12-19(26)27-24(29)33/h2-9,12-13,22,25,32,34-35H,10-11,14H2,1H3,(H2,26,27,33)/b28-23+. The SMILES string of the molecule is Cc1ccc(/C(=N\O)c2ccc(OC(=O)CCC(=O)OCC(O)OC(O)n3ccc(N)nc3=O)cc2)cc1. The van der Waals surface area contributed by atoms with Gasteiger partial charge in [-0.25, -0.2) is 9.36 Å². The van der Waals surface area contributed by atoms with Gasteiger partial charge in [0.05, 0.1) is 12.8 Å². The van der Waals surface area contributed by atoms with E-state index in [9.17, 15) is 29.8 Å². The summed E-state index contributed by atoms with van der Waals surface area (Å²) in [6.07, 6.45) is -3.21. The molecule has 0 bridgehead atoms. The Hall–Kier alpha value is -4.59. The molecule has 1 heterocycles. The Morgan fingerprint density at radius 2 is 1.61 bits per heavy atom. The lowest BCUT2D eigenvalue weighted by atomic mass is 10.0. The molecule has 2 atom stereocenters. The summed E-state index contributed by atoms with van der Waals surface area (Å²) in [5.41, 5.74) is 7.16. The minimum absolute atomic E-state index is 0.0631. The van der Waals surface area contributed by atoms with Gasteiger partial charge in [-0.2, -0.15) is 4.98 Å². The third-order valence-electron chi connectivity index (χ3n) is 5.07. The topological polar surface area (TPSA) is 196 Å². The van der Waals surface area contributed by atoms with Crippen molar-refractivity contribution in [2.24, 2.45) is 5.16 Å². The van der Waals surface area contributed by atoms with Gasteiger partial charge in [0, 0.05) is 17.3 Å². The number of carbonyl (C=O) groups is 2. The Morgan fingerprint density at radius 1 is 1.00 bits per heavy atom. The molecule has 2 aromatic carbocycles. The van der Waals surface area contributed by atoms with Crippen LogP contribution in [0.25, 0.3) is 0 Å². The van der Waals surface area contributed by atoms with E-state index in [4.69, 9.17) is 19.9 Å². The fourth-order valence-electron chi connectivity index (χ4n) is 3.14. The number of aromatic nitrogens is 2. The number of ether oxygens (including phenoxy) is 3. The molecule has 1 aromatic heterocycles.